The van der Waals surface area contributed by atoms with Crippen LogP contribution in [0, 0.1) is 11.3 Å². The molecule has 0 aliphatic heterocycles. The van der Waals surface area contributed by atoms with Gasteiger partial charge in [-0.1, -0.05) is 58.3 Å². The maximum atomic E-state index is 8.57. The van der Waals surface area contributed by atoms with Gasteiger partial charge in [-0.25, -0.2) is 0 Å². The Morgan fingerprint density at radius 2 is 1.44 bits per heavy atom. The van der Waals surface area contributed by atoms with E-state index in [0.29, 0.717) is 0 Å². The highest BCUT2D eigenvalue weighted by atomic mass is 14.9. The van der Waals surface area contributed by atoms with E-state index in [1.807, 2.05) is 6.92 Å². The predicted molar refractivity (Wildman–Crippen MR) is 70.3 cm³/mol. The Morgan fingerprint density at radius 3 is 1.94 bits per heavy atom. The molecule has 0 saturated heterocycles. The fraction of sp³-hybridized carbons (Fsp3) is 0.929. The van der Waals surface area contributed by atoms with Crippen molar-refractivity contribution in [3.05, 3.63) is 0 Å². The molecule has 16 heavy (non-hydrogen) atoms. The lowest BCUT2D eigenvalue weighted by Crippen LogP contribution is -2.25. The number of unbranched alkanes of at least 4 members (excludes halogenated alkanes) is 8. The molecule has 2 heteroatoms. The van der Waals surface area contributed by atoms with E-state index in [0.717, 1.165) is 6.54 Å². The Bertz CT molecular complexity index is 172. The average Bonchev–Trinajstić information content (AvgIpc) is 2.31. The van der Waals surface area contributed by atoms with Crippen LogP contribution in [0.5, 0.6) is 0 Å². The molecule has 0 aliphatic carbocycles. The SMILES string of the molecule is CCCCCCCCCCCNC(C)C#N. The van der Waals surface area contributed by atoms with Gasteiger partial charge in [-0.05, 0) is 19.9 Å². The molecule has 0 bridgehead atoms. The summed E-state index contributed by atoms with van der Waals surface area (Å²) in [6.45, 7) is 5.16. The Balaban J connectivity index is 2.96. The highest BCUT2D eigenvalue weighted by Crippen LogP contribution is 2.09. The van der Waals surface area contributed by atoms with Crippen LogP contribution in [0.2, 0.25) is 0 Å². The third-order valence-corrected chi connectivity index (χ3v) is 2.92. The summed E-state index contributed by atoms with van der Waals surface area (Å²) in [5.41, 5.74) is 0. The molecule has 1 N–H and O–H groups in total. The van der Waals surface area contributed by atoms with Gasteiger partial charge in [-0.3, -0.25) is 0 Å². The molecule has 94 valence electrons. The first-order chi connectivity index (χ1) is 7.81. The number of hydrogen-bond acceptors (Lipinski definition) is 2. The number of nitrogens with zero attached hydrogens (tertiary/aromatic N) is 1. The molecular formula is C14H28N2. The van der Waals surface area contributed by atoms with E-state index in [-0.39, 0.29) is 6.04 Å². The predicted octanol–water partition coefficient (Wildman–Crippen LogP) is 4.02. The molecule has 0 amide bonds. The van der Waals surface area contributed by atoms with Gasteiger partial charge < -0.3 is 5.32 Å². The zero-order chi connectivity index (χ0) is 12.1. The van der Waals surface area contributed by atoms with E-state index in [2.05, 4.69) is 18.3 Å². The van der Waals surface area contributed by atoms with E-state index in [4.69, 9.17) is 5.26 Å². The average molecular weight is 224 g/mol. The van der Waals surface area contributed by atoms with Crippen molar-refractivity contribution in [3.63, 3.8) is 0 Å². The van der Waals surface area contributed by atoms with Gasteiger partial charge in [-0.2, -0.15) is 5.26 Å². The van der Waals surface area contributed by atoms with Crippen molar-refractivity contribution in [3.8, 4) is 6.07 Å². The van der Waals surface area contributed by atoms with Crippen molar-refractivity contribution in [2.24, 2.45) is 0 Å². The summed E-state index contributed by atoms with van der Waals surface area (Å²) in [7, 11) is 0. The molecule has 0 aromatic heterocycles. The molecule has 2 nitrogen and oxygen atoms in total. The van der Waals surface area contributed by atoms with Crippen LogP contribution in [-0.2, 0) is 0 Å². The maximum absolute atomic E-state index is 8.57. The van der Waals surface area contributed by atoms with Crippen LogP contribution in [0.25, 0.3) is 0 Å². The molecule has 0 aliphatic rings. The summed E-state index contributed by atoms with van der Waals surface area (Å²) in [6, 6.07) is 2.19. The molecule has 0 aromatic rings. The molecule has 0 radical (unpaired) electrons. The molecule has 0 heterocycles. The molecule has 0 spiro atoms. The lowest BCUT2D eigenvalue weighted by molar-refractivity contribution is 0.541. The molecule has 1 unspecified atom stereocenters. The molecule has 0 saturated carbocycles. The van der Waals surface area contributed by atoms with Crippen LogP contribution < -0.4 is 5.32 Å². The van der Waals surface area contributed by atoms with Gasteiger partial charge >= 0.3 is 0 Å². The maximum Gasteiger partial charge on any atom is 0.0924 e. The van der Waals surface area contributed by atoms with Gasteiger partial charge in [0.1, 0.15) is 0 Å². The van der Waals surface area contributed by atoms with Crippen LogP contribution in [0.3, 0.4) is 0 Å². The largest absolute Gasteiger partial charge is 0.302 e. The van der Waals surface area contributed by atoms with Crippen molar-refractivity contribution < 1.29 is 0 Å². The summed E-state index contributed by atoms with van der Waals surface area (Å²) in [5, 5.41) is 11.8. The van der Waals surface area contributed by atoms with E-state index in [9.17, 15) is 0 Å². The van der Waals surface area contributed by atoms with Crippen LogP contribution in [0.15, 0.2) is 0 Å². The van der Waals surface area contributed by atoms with Crippen molar-refractivity contribution in [1.29, 1.82) is 5.26 Å². The fourth-order valence-corrected chi connectivity index (χ4v) is 1.80. The van der Waals surface area contributed by atoms with Gasteiger partial charge in [-0.15, -0.1) is 0 Å². The summed E-state index contributed by atoms with van der Waals surface area (Å²) in [6.07, 6.45) is 12.2. The standard InChI is InChI=1S/C14H28N2/c1-3-4-5-6-7-8-9-10-11-12-16-14(2)13-15/h14,16H,3-12H2,1-2H3. The van der Waals surface area contributed by atoms with Crippen molar-refractivity contribution in [2.75, 3.05) is 6.54 Å². The smallest absolute Gasteiger partial charge is 0.0924 e. The lowest BCUT2D eigenvalue weighted by Gasteiger charge is -2.05. The second-order valence-electron chi connectivity index (χ2n) is 4.63. The van der Waals surface area contributed by atoms with Crippen molar-refractivity contribution in [1.82, 2.24) is 5.32 Å². The fourth-order valence-electron chi connectivity index (χ4n) is 1.80. The van der Waals surface area contributed by atoms with E-state index in [1.165, 1.54) is 57.8 Å². The van der Waals surface area contributed by atoms with E-state index >= 15 is 0 Å². The Kier molecular flexibility index (Phi) is 12.1. The third kappa shape index (κ3) is 11.5. The van der Waals surface area contributed by atoms with Gasteiger partial charge in [0.2, 0.25) is 0 Å². The normalized spacial score (nSPS) is 12.3. The van der Waals surface area contributed by atoms with Gasteiger partial charge in [0, 0.05) is 0 Å². The zero-order valence-electron chi connectivity index (χ0n) is 11.1. The molecular weight excluding hydrogens is 196 g/mol. The van der Waals surface area contributed by atoms with E-state index in [1.54, 1.807) is 0 Å². The number of nitrogens with one attached hydrogen (secondary N) is 1. The van der Waals surface area contributed by atoms with Crippen LogP contribution >= 0.6 is 0 Å². The second-order valence-corrected chi connectivity index (χ2v) is 4.63. The van der Waals surface area contributed by atoms with Crippen molar-refractivity contribution >= 4 is 0 Å². The molecule has 0 aromatic carbocycles. The van der Waals surface area contributed by atoms with Gasteiger partial charge in [0.25, 0.3) is 0 Å². The summed E-state index contributed by atoms with van der Waals surface area (Å²) < 4.78 is 0. The topological polar surface area (TPSA) is 35.8 Å². The minimum atomic E-state index is 0.00837. The Morgan fingerprint density at radius 1 is 0.938 bits per heavy atom. The first kappa shape index (κ1) is 15.4. The third-order valence-electron chi connectivity index (χ3n) is 2.92. The first-order valence-electron chi connectivity index (χ1n) is 6.94. The number of rotatable bonds is 11. The zero-order valence-corrected chi connectivity index (χ0v) is 11.1. The van der Waals surface area contributed by atoms with Crippen LogP contribution in [-0.4, -0.2) is 12.6 Å². The monoisotopic (exact) mass is 224 g/mol. The molecule has 1 atom stereocenters. The molecule has 0 rings (SSSR count). The number of hydrogen-bond donors (Lipinski definition) is 1. The summed E-state index contributed by atoms with van der Waals surface area (Å²) >= 11 is 0. The molecule has 0 fully saturated rings. The van der Waals surface area contributed by atoms with Gasteiger partial charge in [0.05, 0.1) is 12.1 Å². The lowest BCUT2D eigenvalue weighted by atomic mass is 10.1. The highest BCUT2D eigenvalue weighted by Gasteiger charge is 1.96. The summed E-state index contributed by atoms with van der Waals surface area (Å²) in [4.78, 5) is 0. The van der Waals surface area contributed by atoms with E-state index < -0.39 is 0 Å². The van der Waals surface area contributed by atoms with Crippen LogP contribution in [0.4, 0.5) is 0 Å². The quantitative estimate of drug-likeness (QED) is 0.538. The Labute approximate surface area is 101 Å². The number of nitriles is 1. The van der Waals surface area contributed by atoms with Gasteiger partial charge in [0.15, 0.2) is 0 Å². The summed E-state index contributed by atoms with van der Waals surface area (Å²) in [5.74, 6) is 0. The minimum absolute atomic E-state index is 0.00837. The Hall–Kier alpha value is -0.550. The van der Waals surface area contributed by atoms with Crippen LogP contribution in [0.1, 0.15) is 71.6 Å². The highest BCUT2D eigenvalue weighted by molar-refractivity contribution is 4.84. The first-order valence-corrected chi connectivity index (χ1v) is 6.94. The minimum Gasteiger partial charge on any atom is -0.302 e. The van der Waals surface area contributed by atoms with Crippen molar-refractivity contribution in [2.45, 2.75) is 77.7 Å². The second kappa shape index (κ2) is 12.5.